The lowest BCUT2D eigenvalue weighted by molar-refractivity contribution is -0.184. The maximum absolute atomic E-state index is 12.8. The first-order chi connectivity index (χ1) is 14.1. The molecule has 30 heavy (non-hydrogen) atoms. The first kappa shape index (κ1) is 21.9. The van der Waals surface area contributed by atoms with Gasteiger partial charge in [0.25, 0.3) is 0 Å². The number of nitrogens with zero attached hydrogens (tertiary/aromatic N) is 1. The number of hydrogen-bond donors (Lipinski definition) is 0. The maximum atomic E-state index is 12.8. The summed E-state index contributed by atoms with van der Waals surface area (Å²) in [7, 11) is 1.27. The molecule has 0 bridgehead atoms. The molecule has 2 aromatic carbocycles. The summed E-state index contributed by atoms with van der Waals surface area (Å²) in [5, 5.41) is 0. The lowest BCUT2D eigenvalue weighted by atomic mass is 9.88. The van der Waals surface area contributed by atoms with Crippen molar-refractivity contribution in [2.75, 3.05) is 20.2 Å². The second-order valence-electron chi connectivity index (χ2n) is 7.77. The van der Waals surface area contributed by atoms with E-state index in [4.69, 9.17) is 4.74 Å². The number of esters is 1. The monoisotopic (exact) mass is 419 g/mol. The van der Waals surface area contributed by atoms with Crippen molar-refractivity contribution in [3.05, 3.63) is 59.2 Å². The molecule has 1 atom stereocenters. The van der Waals surface area contributed by atoms with E-state index in [1.165, 1.54) is 7.11 Å². The Labute approximate surface area is 173 Å². The highest BCUT2D eigenvalue weighted by molar-refractivity contribution is 5.93. The Morgan fingerprint density at radius 3 is 2.47 bits per heavy atom. The molecular weight excluding hydrogens is 395 g/mol. The van der Waals surface area contributed by atoms with Crippen LogP contribution in [0.4, 0.5) is 13.2 Å². The summed E-state index contributed by atoms with van der Waals surface area (Å²) in [6, 6.07) is 13.3. The van der Waals surface area contributed by atoms with Gasteiger partial charge in [-0.3, -0.25) is 4.79 Å². The van der Waals surface area contributed by atoms with Crippen LogP contribution in [-0.4, -0.2) is 43.2 Å². The molecule has 0 saturated carbocycles. The predicted octanol–water partition coefficient (Wildman–Crippen LogP) is 5.14. The van der Waals surface area contributed by atoms with E-state index in [0.717, 1.165) is 21.6 Å². The summed E-state index contributed by atoms with van der Waals surface area (Å²) in [4.78, 5) is 24.9. The van der Waals surface area contributed by atoms with Gasteiger partial charge in [0.05, 0.1) is 12.7 Å². The summed E-state index contributed by atoms with van der Waals surface area (Å²) in [6.45, 7) is 4.09. The summed E-state index contributed by atoms with van der Waals surface area (Å²) < 4.78 is 43.2. The Kier molecular flexibility index (Phi) is 6.19. The molecule has 0 spiro atoms. The summed E-state index contributed by atoms with van der Waals surface area (Å²) >= 11 is 0. The standard InChI is InChI=1S/C23H24F3NO3/c1-14(2)17-6-4-5-7-18(17)15-8-9-19(20(12-15)21(28)30-3)16-10-11-27(13-16)22(29)23(24,25)26/h4-9,12,14,16H,10-11,13H2,1-3H3. The van der Waals surface area contributed by atoms with Gasteiger partial charge in [0.2, 0.25) is 0 Å². The summed E-state index contributed by atoms with van der Waals surface area (Å²) in [6.07, 6.45) is -4.54. The molecule has 1 heterocycles. The van der Waals surface area contributed by atoms with Crippen LogP contribution < -0.4 is 0 Å². The van der Waals surface area contributed by atoms with Crippen molar-refractivity contribution in [1.29, 1.82) is 0 Å². The number of methoxy groups -OCH3 is 1. The van der Waals surface area contributed by atoms with Crippen molar-refractivity contribution in [3.8, 4) is 11.1 Å². The average molecular weight is 419 g/mol. The highest BCUT2D eigenvalue weighted by atomic mass is 19.4. The largest absolute Gasteiger partial charge is 0.471 e. The molecule has 1 unspecified atom stereocenters. The quantitative estimate of drug-likeness (QED) is 0.645. The summed E-state index contributed by atoms with van der Waals surface area (Å²) in [5.74, 6) is -2.47. The number of hydrogen-bond acceptors (Lipinski definition) is 3. The van der Waals surface area contributed by atoms with E-state index >= 15 is 0 Å². The third kappa shape index (κ3) is 4.35. The van der Waals surface area contributed by atoms with Gasteiger partial charge in [-0.15, -0.1) is 0 Å². The number of ether oxygens (including phenoxy) is 1. The van der Waals surface area contributed by atoms with Crippen LogP contribution in [-0.2, 0) is 9.53 Å². The zero-order chi connectivity index (χ0) is 22.1. The number of amides is 1. The molecule has 0 aromatic heterocycles. The molecule has 4 nitrogen and oxygen atoms in total. The minimum Gasteiger partial charge on any atom is -0.465 e. The molecule has 1 aliphatic heterocycles. The number of likely N-dealkylation sites (tertiary alicyclic amines) is 1. The number of alkyl halides is 3. The van der Waals surface area contributed by atoms with Crippen LogP contribution in [0.25, 0.3) is 11.1 Å². The van der Waals surface area contributed by atoms with Gasteiger partial charge < -0.3 is 9.64 Å². The van der Waals surface area contributed by atoms with Crippen LogP contribution in [0, 0.1) is 0 Å². The van der Waals surface area contributed by atoms with E-state index in [1.54, 1.807) is 12.1 Å². The molecule has 2 aromatic rings. The molecule has 0 N–H and O–H groups in total. The smallest absolute Gasteiger partial charge is 0.465 e. The van der Waals surface area contributed by atoms with Crippen molar-refractivity contribution in [2.45, 2.75) is 38.3 Å². The maximum Gasteiger partial charge on any atom is 0.471 e. The molecular formula is C23H24F3NO3. The minimum absolute atomic E-state index is 0.00154. The first-order valence-electron chi connectivity index (χ1n) is 9.81. The van der Waals surface area contributed by atoms with Crippen LogP contribution in [0.5, 0.6) is 0 Å². The Bertz CT molecular complexity index is 953. The average Bonchev–Trinajstić information content (AvgIpc) is 3.21. The van der Waals surface area contributed by atoms with Gasteiger partial charge >= 0.3 is 18.1 Å². The van der Waals surface area contributed by atoms with Crippen LogP contribution >= 0.6 is 0 Å². The fourth-order valence-corrected chi connectivity index (χ4v) is 4.01. The highest BCUT2D eigenvalue weighted by Gasteiger charge is 2.45. The Balaban J connectivity index is 1.98. The fourth-order valence-electron chi connectivity index (χ4n) is 4.01. The Morgan fingerprint density at radius 2 is 1.83 bits per heavy atom. The van der Waals surface area contributed by atoms with E-state index in [2.05, 4.69) is 13.8 Å². The Hall–Kier alpha value is -2.83. The summed E-state index contributed by atoms with van der Waals surface area (Å²) in [5.41, 5.74) is 3.88. The second kappa shape index (κ2) is 8.50. The molecule has 1 aliphatic rings. The van der Waals surface area contributed by atoms with Crippen molar-refractivity contribution in [2.24, 2.45) is 0 Å². The fraction of sp³-hybridized carbons (Fsp3) is 0.391. The molecule has 0 aliphatic carbocycles. The van der Waals surface area contributed by atoms with Crippen molar-refractivity contribution >= 4 is 11.9 Å². The molecule has 7 heteroatoms. The number of rotatable bonds is 4. The predicted molar refractivity (Wildman–Crippen MR) is 107 cm³/mol. The van der Waals surface area contributed by atoms with E-state index < -0.39 is 18.1 Å². The number of halogens is 3. The topological polar surface area (TPSA) is 46.6 Å². The zero-order valence-electron chi connectivity index (χ0n) is 17.1. The van der Waals surface area contributed by atoms with Crippen molar-refractivity contribution in [3.63, 3.8) is 0 Å². The van der Waals surface area contributed by atoms with Crippen LogP contribution in [0.2, 0.25) is 0 Å². The van der Waals surface area contributed by atoms with E-state index in [9.17, 15) is 22.8 Å². The lowest BCUT2D eigenvalue weighted by Crippen LogP contribution is -2.39. The van der Waals surface area contributed by atoms with Gasteiger partial charge in [0, 0.05) is 19.0 Å². The van der Waals surface area contributed by atoms with Crippen LogP contribution in [0.15, 0.2) is 42.5 Å². The molecule has 0 radical (unpaired) electrons. The first-order valence-corrected chi connectivity index (χ1v) is 9.81. The Morgan fingerprint density at radius 1 is 1.13 bits per heavy atom. The van der Waals surface area contributed by atoms with E-state index in [-0.39, 0.29) is 24.9 Å². The lowest BCUT2D eigenvalue weighted by Gasteiger charge is -2.20. The molecule has 1 amide bonds. The van der Waals surface area contributed by atoms with Crippen LogP contribution in [0.1, 0.15) is 53.6 Å². The van der Waals surface area contributed by atoms with E-state index in [0.29, 0.717) is 17.5 Å². The van der Waals surface area contributed by atoms with Crippen molar-refractivity contribution in [1.82, 2.24) is 4.90 Å². The molecule has 1 saturated heterocycles. The van der Waals surface area contributed by atoms with Gasteiger partial charge in [-0.2, -0.15) is 13.2 Å². The minimum atomic E-state index is -4.90. The third-order valence-corrected chi connectivity index (χ3v) is 5.51. The highest BCUT2D eigenvalue weighted by Crippen LogP contribution is 2.36. The third-order valence-electron chi connectivity index (χ3n) is 5.51. The zero-order valence-corrected chi connectivity index (χ0v) is 17.1. The molecule has 3 rings (SSSR count). The van der Waals surface area contributed by atoms with Gasteiger partial charge in [-0.05, 0) is 40.7 Å². The normalized spacial score (nSPS) is 16.8. The number of carbonyl (C=O) groups is 2. The van der Waals surface area contributed by atoms with Gasteiger partial charge in [0.15, 0.2) is 0 Å². The van der Waals surface area contributed by atoms with Gasteiger partial charge in [-0.25, -0.2) is 4.79 Å². The SMILES string of the molecule is COC(=O)c1cc(-c2ccccc2C(C)C)ccc1C1CCN(C(=O)C(F)(F)F)C1. The molecule has 160 valence electrons. The van der Waals surface area contributed by atoms with Crippen molar-refractivity contribution < 1.29 is 27.5 Å². The van der Waals surface area contributed by atoms with Gasteiger partial charge in [-0.1, -0.05) is 50.2 Å². The van der Waals surface area contributed by atoms with Crippen LogP contribution in [0.3, 0.4) is 0 Å². The van der Waals surface area contributed by atoms with E-state index in [1.807, 2.05) is 30.3 Å². The van der Waals surface area contributed by atoms with Gasteiger partial charge in [0.1, 0.15) is 0 Å². The molecule has 1 fully saturated rings. The second-order valence-corrected chi connectivity index (χ2v) is 7.77. The number of benzene rings is 2. The number of carbonyl (C=O) groups excluding carboxylic acids is 2.